The minimum absolute atomic E-state index is 0.0280. The molecule has 26 heavy (non-hydrogen) atoms. The molecule has 2 aliphatic rings. The van der Waals surface area contributed by atoms with Gasteiger partial charge in [0.2, 0.25) is 0 Å². The van der Waals surface area contributed by atoms with Crippen LogP contribution in [-0.4, -0.2) is 0 Å². The summed E-state index contributed by atoms with van der Waals surface area (Å²) in [5.41, 5.74) is 10.5. The average molecular weight is 341 g/mol. The highest BCUT2D eigenvalue weighted by Crippen LogP contribution is 2.56. The topological polar surface area (TPSA) is 12.0 Å². The quantitative estimate of drug-likeness (QED) is 0.640. The van der Waals surface area contributed by atoms with Gasteiger partial charge in [-0.15, -0.1) is 0 Å². The first kappa shape index (κ1) is 16.9. The smallest absolute Gasteiger partial charge is 0.0432 e. The van der Waals surface area contributed by atoms with Gasteiger partial charge < -0.3 is 5.32 Å². The Morgan fingerprint density at radius 1 is 0.923 bits per heavy atom. The molecule has 0 saturated carbocycles. The molecular weight excluding hydrogens is 314 g/mol. The van der Waals surface area contributed by atoms with Crippen LogP contribution in [0.1, 0.15) is 51.3 Å². The number of allylic oxidation sites excluding steroid dienone is 4. The second-order valence-electron chi connectivity index (χ2n) is 8.36. The molecule has 0 radical (unpaired) electrons. The standard InChI is InChI=1S/C25H27N/c1-7-11-18-20(8-2)26-21-15-14-19-22(23(21)25(18,5)6)16-12-9-10-13-17(16)24(19,3)4/h7-15,26H,2H2,1,3-6H3/b11-7-. The third-order valence-corrected chi connectivity index (χ3v) is 6.14. The van der Waals surface area contributed by atoms with Gasteiger partial charge in [0.1, 0.15) is 0 Å². The molecule has 1 nitrogen and oxygen atoms in total. The molecule has 0 unspecified atom stereocenters. The SMILES string of the molecule is C=CC1=C(/C=C\C)C(C)(C)c2c(ccc3c2-c2ccccc2C3(C)C)N1. The van der Waals surface area contributed by atoms with E-state index in [0.717, 1.165) is 5.70 Å². The van der Waals surface area contributed by atoms with Crippen LogP contribution in [0, 0.1) is 0 Å². The van der Waals surface area contributed by atoms with E-state index in [0.29, 0.717) is 0 Å². The van der Waals surface area contributed by atoms with Crippen molar-refractivity contribution in [2.24, 2.45) is 0 Å². The Bertz CT molecular complexity index is 983. The van der Waals surface area contributed by atoms with Crippen LogP contribution in [-0.2, 0) is 10.8 Å². The number of hydrogen-bond donors (Lipinski definition) is 1. The molecule has 0 amide bonds. The van der Waals surface area contributed by atoms with Gasteiger partial charge in [-0.3, -0.25) is 0 Å². The van der Waals surface area contributed by atoms with Crippen LogP contribution in [0.15, 0.2) is 72.5 Å². The highest BCUT2D eigenvalue weighted by molar-refractivity contribution is 5.89. The van der Waals surface area contributed by atoms with Crippen molar-refractivity contribution in [1.82, 2.24) is 0 Å². The summed E-state index contributed by atoms with van der Waals surface area (Å²) in [6, 6.07) is 13.4. The van der Waals surface area contributed by atoms with Gasteiger partial charge in [-0.2, -0.15) is 0 Å². The molecule has 132 valence electrons. The fourth-order valence-corrected chi connectivity index (χ4v) is 4.86. The van der Waals surface area contributed by atoms with Crippen molar-refractivity contribution in [1.29, 1.82) is 0 Å². The van der Waals surface area contributed by atoms with Crippen LogP contribution in [0.5, 0.6) is 0 Å². The van der Waals surface area contributed by atoms with Crippen LogP contribution < -0.4 is 5.32 Å². The van der Waals surface area contributed by atoms with Crippen LogP contribution >= 0.6 is 0 Å². The van der Waals surface area contributed by atoms with Crippen molar-refractivity contribution in [3.8, 4) is 11.1 Å². The number of hydrogen-bond acceptors (Lipinski definition) is 1. The first-order valence-corrected chi connectivity index (χ1v) is 9.38. The fraction of sp³-hybridized carbons (Fsp3) is 0.280. The first-order valence-electron chi connectivity index (χ1n) is 9.38. The van der Waals surface area contributed by atoms with Crippen molar-refractivity contribution in [3.05, 3.63) is 89.2 Å². The molecule has 1 aliphatic heterocycles. The van der Waals surface area contributed by atoms with Gasteiger partial charge in [-0.05, 0) is 52.5 Å². The summed E-state index contributed by atoms with van der Waals surface area (Å²) in [5, 5.41) is 3.64. The summed E-state index contributed by atoms with van der Waals surface area (Å²) in [5.74, 6) is 0. The van der Waals surface area contributed by atoms with Crippen LogP contribution in [0.3, 0.4) is 0 Å². The molecule has 0 atom stereocenters. The lowest BCUT2D eigenvalue weighted by molar-refractivity contribution is 0.624. The molecule has 0 saturated heterocycles. The van der Waals surface area contributed by atoms with Crippen molar-refractivity contribution >= 4 is 5.69 Å². The van der Waals surface area contributed by atoms with E-state index in [9.17, 15) is 0 Å². The maximum absolute atomic E-state index is 4.03. The molecule has 1 heterocycles. The Hall–Kier alpha value is -2.54. The third kappa shape index (κ3) is 2.03. The highest BCUT2D eigenvalue weighted by Gasteiger charge is 2.42. The molecule has 1 aliphatic carbocycles. The fourth-order valence-electron chi connectivity index (χ4n) is 4.86. The summed E-state index contributed by atoms with van der Waals surface area (Å²) in [6.07, 6.45) is 6.28. The first-order chi connectivity index (χ1) is 12.3. The van der Waals surface area contributed by atoms with Gasteiger partial charge in [0.15, 0.2) is 0 Å². The highest BCUT2D eigenvalue weighted by atomic mass is 14.9. The normalized spacial score (nSPS) is 19.0. The van der Waals surface area contributed by atoms with E-state index in [1.54, 1.807) is 0 Å². The van der Waals surface area contributed by atoms with Gasteiger partial charge in [-0.25, -0.2) is 0 Å². The number of anilines is 1. The molecule has 4 rings (SSSR count). The predicted molar refractivity (Wildman–Crippen MR) is 113 cm³/mol. The van der Waals surface area contributed by atoms with E-state index in [1.807, 2.05) is 6.08 Å². The summed E-state index contributed by atoms with van der Waals surface area (Å²) in [6.45, 7) is 15.5. The Kier molecular flexibility index (Phi) is 3.56. The zero-order chi connectivity index (χ0) is 18.7. The molecule has 0 bridgehead atoms. The second-order valence-corrected chi connectivity index (χ2v) is 8.36. The van der Waals surface area contributed by atoms with Gasteiger partial charge in [0.25, 0.3) is 0 Å². The molecule has 2 aromatic rings. The molecular formula is C25H27N. The van der Waals surface area contributed by atoms with Crippen LogP contribution in [0.4, 0.5) is 5.69 Å². The maximum Gasteiger partial charge on any atom is 0.0432 e. The number of rotatable bonds is 2. The number of fused-ring (bicyclic) bond motifs is 5. The van der Waals surface area contributed by atoms with Crippen LogP contribution in [0.25, 0.3) is 11.1 Å². The van der Waals surface area contributed by atoms with Gasteiger partial charge >= 0.3 is 0 Å². The third-order valence-electron chi connectivity index (χ3n) is 6.14. The zero-order valence-electron chi connectivity index (χ0n) is 16.4. The second kappa shape index (κ2) is 5.48. The molecule has 1 heteroatoms. The van der Waals surface area contributed by atoms with Crippen molar-refractivity contribution in [2.75, 3.05) is 5.32 Å². The lowest BCUT2D eigenvalue weighted by atomic mass is 9.70. The van der Waals surface area contributed by atoms with E-state index in [2.05, 4.69) is 95.1 Å². The largest absolute Gasteiger partial charge is 0.355 e. The van der Waals surface area contributed by atoms with E-state index >= 15 is 0 Å². The molecule has 2 aromatic carbocycles. The molecule has 0 aromatic heterocycles. The van der Waals surface area contributed by atoms with Crippen LogP contribution in [0.2, 0.25) is 0 Å². The van der Waals surface area contributed by atoms with Gasteiger partial charge in [-0.1, -0.05) is 76.8 Å². The minimum atomic E-state index is -0.102. The van der Waals surface area contributed by atoms with E-state index in [-0.39, 0.29) is 10.8 Å². The summed E-state index contributed by atoms with van der Waals surface area (Å²) >= 11 is 0. The summed E-state index contributed by atoms with van der Waals surface area (Å²) in [7, 11) is 0. The lowest BCUT2D eigenvalue weighted by Gasteiger charge is -2.38. The van der Waals surface area contributed by atoms with Gasteiger partial charge in [0, 0.05) is 22.2 Å². The Morgan fingerprint density at radius 3 is 2.35 bits per heavy atom. The predicted octanol–water partition coefficient (Wildman–Crippen LogP) is 6.71. The molecule has 0 spiro atoms. The maximum atomic E-state index is 4.03. The Balaban J connectivity index is 2.09. The zero-order valence-corrected chi connectivity index (χ0v) is 16.4. The molecule has 1 N–H and O–H groups in total. The molecule has 0 fully saturated rings. The number of nitrogens with one attached hydrogen (secondary N) is 1. The monoisotopic (exact) mass is 341 g/mol. The van der Waals surface area contributed by atoms with Gasteiger partial charge in [0.05, 0.1) is 0 Å². The minimum Gasteiger partial charge on any atom is -0.355 e. The summed E-state index contributed by atoms with van der Waals surface area (Å²) in [4.78, 5) is 0. The van der Waals surface area contributed by atoms with Crippen molar-refractivity contribution < 1.29 is 0 Å². The van der Waals surface area contributed by atoms with Crippen molar-refractivity contribution in [3.63, 3.8) is 0 Å². The van der Waals surface area contributed by atoms with E-state index in [1.165, 1.54) is 39.1 Å². The van der Waals surface area contributed by atoms with Crippen molar-refractivity contribution in [2.45, 2.75) is 45.4 Å². The number of benzene rings is 2. The van der Waals surface area contributed by atoms with E-state index in [4.69, 9.17) is 0 Å². The Labute approximate surface area is 157 Å². The Morgan fingerprint density at radius 2 is 1.65 bits per heavy atom. The average Bonchev–Trinajstić information content (AvgIpc) is 2.85. The lowest BCUT2D eigenvalue weighted by Crippen LogP contribution is -2.29. The van der Waals surface area contributed by atoms with E-state index < -0.39 is 0 Å². The summed E-state index contributed by atoms with van der Waals surface area (Å²) < 4.78 is 0.